The van der Waals surface area contributed by atoms with E-state index in [1.807, 2.05) is 18.2 Å². The summed E-state index contributed by atoms with van der Waals surface area (Å²) in [6, 6.07) is 39.9. The van der Waals surface area contributed by atoms with Crippen LogP contribution in [-0.2, 0) is 0 Å². The van der Waals surface area contributed by atoms with Gasteiger partial charge in [0.1, 0.15) is 11.8 Å². The highest BCUT2D eigenvalue weighted by molar-refractivity contribution is 6.09. The minimum Gasteiger partial charge on any atom is -0.309 e. The van der Waals surface area contributed by atoms with Gasteiger partial charge in [-0.3, -0.25) is 0 Å². The Morgan fingerprint density at radius 1 is 0.606 bits per heavy atom. The Bertz CT molecular complexity index is 1630. The average Bonchev–Trinajstić information content (AvgIpc) is 3.23. The van der Waals surface area contributed by atoms with Gasteiger partial charge in [-0.05, 0) is 47.0 Å². The minimum absolute atomic E-state index is 0.415. The second-order valence-electron chi connectivity index (χ2n) is 7.97. The molecule has 6 aromatic rings. The third-order valence-corrected chi connectivity index (χ3v) is 6.13. The highest BCUT2D eigenvalue weighted by atomic mass is 15.0. The third kappa shape index (κ3) is 3.09. The van der Waals surface area contributed by atoms with Gasteiger partial charge in [0.05, 0.1) is 16.7 Å². The Morgan fingerprint density at radius 3 is 1.88 bits per heavy atom. The van der Waals surface area contributed by atoms with Crippen LogP contribution in [-0.4, -0.2) is 9.55 Å². The van der Waals surface area contributed by atoms with E-state index >= 15 is 0 Å². The first-order chi connectivity index (χ1) is 16.3. The minimum atomic E-state index is 0.415. The average molecular weight is 422 g/mol. The molecule has 2 heterocycles. The molecule has 0 aliphatic rings. The SMILES string of the molecule is N#Cc1cc(-c2ccccc2-c2ccccc2-n2c3ccccc3c3ccccc32)ccn1. The summed E-state index contributed by atoms with van der Waals surface area (Å²) in [6.07, 6.45) is 1.70. The zero-order valence-electron chi connectivity index (χ0n) is 17.8. The summed E-state index contributed by atoms with van der Waals surface area (Å²) in [6.45, 7) is 0. The highest BCUT2D eigenvalue weighted by Gasteiger charge is 2.16. The fraction of sp³-hybridized carbons (Fsp3) is 0. The van der Waals surface area contributed by atoms with Gasteiger partial charge in [0.2, 0.25) is 0 Å². The Morgan fingerprint density at radius 2 is 1.18 bits per heavy atom. The largest absolute Gasteiger partial charge is 0.309 e. The first-order valence-corrected chi connectivity index (χ1v) is 10.9. The van der Waals surface area contributed by atoms with E-state index in [0.717, 1.165) is 27.9 Å². The number of fused-ring (bicyclic) bond motifs is 3. The van der Waals surface area contributed by atoms with E-state index < -0.39 is 0 Å². The van der Waals surface area contributed by atoms with Gasteiger partial charge in [0, 0.05) is 22.5 Å². The van der Waals surface area contributed by atoms with Crippen molar-refractivity contribution in [3.05, 3.63) is 121 Å². The van der Waals surface area contributed by atoms with Gasteiger partial charge in [0.15, 0.2) is 0 Å². The van der Waals surface area contributed by atoms with Crippen LogP contribution in [0, 0.1) is 11.3 Å². The fourth-order valence-corrected chi connectivity index (χ4v) is 4.71. The lowest BCUT2D eigenvalue weighted by atomic mass is 9.93. The van der Waals surface area contributed by atoms with Crippen LogP contribution in [0.2, 0.25) is 0 Å². The molecule has 0 saturated carbocycles. The molecule has 6 rings (SSSR count). The smallest absolute Gasteiger partial charge is 0.141 e. The molecule has 0 radical (unpaired) electrons. The molecular weight excluding hydrogens is 402 g/mol. The number of benzene rings is 4. The molecule has 2 aromatic heterocycles. The quantitative estimate of drug-likeness (QED) is 0.299. The zero-order valence-corrected chi connectivity index (χ0v) is 17.8. The summed E-state index contributed by atoms with van der Waals surface area (Å²) >= 11 is 0. The lowest BCUT2D eigenvalue weighted by Crippen LogP contribution is -1.98. The second kappa shape index (κ2) is 7.78. The Hall–Kier alpha value is -4.68. The van der Waals surface area contributed by atoms with Gasteiger partial charge in [-0.2, -0.15) is 5.26 Å². The van der Waals surface area contributed by atoms with Crippen LogP contribution in [0.5, 0.6) is 0 Å². The molecule has 0 atom stereocenters. The lowest BCUT2D eigenvalue weighted by molar-refractivity contribution is 1.18. The van der Waals surface area contributed by atoms with Crippen molar-refractivity contribution in [3.63, 3.8) is 0 Å². The van der Waals surface area contributed by atoms with Crippen LogP contribution in [0.4, 0.5) is 0 Å². The maximum absolute atomic E-state index is 9.35. The van der Waals surface area contributed by atoms with Crippen molar-refractivity contribution in [2.24, 2.45) is 0 Å². The van der Waals surface area contributed by atoms with E-state index in [1.165, 1.54) is 21.8 Å². The maximum Gasteiger partial charge on any atom is 0.141 e. The van der Waals surface area contributed by atoms with Crippen LogP contribution in [0.3, 0.4) is 0 Å². The van der Waals surface area contributed by atoms with Crippen LogP contribution < -0.4 is 0 Å². The summed E-state index contributed by atoms with van der Waals surface area (Å²) in [7, 11) is 0. The lowest BCUT2D eigenvalue weighted by Gasteiger charge is -2.17. The summed E-state index contributed by atoms with van der Waals surface area (Å²) in [5, 5.41) is 11.8. The van der Waals surface area contributed by atoms with Gasteiger partial charge in [-0.25, -0.2) is 4.98 Å². The predicted molar refractivity (Wildman–Crippen MR) is 134 cm³/mol. The van der Waals surface area contributed by atoms with Crippen molar-refractivity contribution in [2.45, 2.75) is 0 Å². The molecular formula is C30H19N3. The summed E-state index contributed by atoms with van der Waals surface area (Å²) in [5.41, 5.74) is 8.20. The molecule has 3 nitrogen and oxygen atoms in total. The van der Waals surface area contributed by atoms with Crippen molar-refractivity contribution in [3.8, 4) is 34.0 Å². The number of para-hydroxylation sites is 3. The van der Waals surface area contributed by atoms with E-state index in [2.05, 4.69) is 107 Å². The number of aromatic nitrogens is 2. The van der Waals surface area contributed by atoms with Gasteiger partial charge >= 0.3 is 0 Å². The molecule has 0 bridgehead atoms. The molecule has 0 aliphatic carbocycles. The Balaban J connectivity index is 1.66. The van der Waals surface area contributed by atoms with Crippen molar-refractivity contribution in [1.82, 2.24) is 9.55 Å². The van der Waals surface area contributed by atoms with Crippen molar-refractivity contribution < 1.29 is 0 Å². The third-order valence-electron chi connectivity index (χ3n) is 6.13. The number of hydrogen-bond donors (Lipinski definition) is 0. The number of nitriles is 1. The molecule has 0 unspecified atom stereocenters. The number of nitrogens with zero attached hydrogens (tertiary/aromatic N) is 3. The topological polar surface area (TPSA) is 41.6 Å². The first kappa shape index (κ1) is 19.0. The molecule has 4 aromatic carbocycles. The number of rotatable bonds is 3. The predicted octanol–water partition coefficient (Wildman–Crippen LogP) is 7.38. The van der Waals surface area contributed by atoms with Crippen LogP contribution >= 0.6 is 0 Å². The van der Waals surface area contributed by atoms with E-state index in [4.69, 9.17) is 0 Å². The monoisotopic (exact) mass is 421 g/mol. The van der Waals surface area contributed by atoms with Gasteiger partial charge in [-0.15, -0.1) is 0 Å². The van der Waals surface area contributed by atoms with E-state index in [1.54, 1.807) is 6.20 Å². The van der Waals surface area contributed by atoms with Gasteiger partial charge in [-0.1, -0.05) is 78.9 Å². The van der Waals surface area contributed by atoms with Crippen LogP contribution in [0.25, 0.3) is 49.7 Å². The highest BCUT2D eigenvalue weighted by Crippen LogP contribution is 2.39. The molecule has 0 N–H and O–H groups in total. The summed E-state index contributed by atoms with van der Waals surface area (Å²) < 4.78 is 2.35. The van der Waals surface area contributed by atoms with Gasteiger partial charge < -0.3 is 4.57 Å². The van der Waals surface area contributed by atoms with Crippen molar-refractivity contribution in [1.29, 1.82) is 5.26 Å². The van der Waals surface area contributed by atoms with E-state index in [-0.39, 0.29) is 0 Å². The summed E-state index contributed by atoms with van der Waals surface area (Å²) in [5.74, 6) is 0. The Labute approximate surface area is 191 Å². The second-order valence-corrected chi connectivity index (χ2v) is 7.97. The maximum atomic E-state index is 9.35. The standard InChI is InChI=1S/C30H19N3/c31-20-22-19-21(17-18-32-22)23-9-1-2-10-24(23)25-11-3-6-14-28(25)33-29-15-7-4-12-26(29)27-13-5-8-16-30(27)33/h1-19H. The number of hydrogen-bond acceptors (Lipinski definition) is 2. The molecule has 0 spiro atoms. The number of pyridine rings is 1. The van der Waals surface area contributed by atoms with Crippen molar-refractivity contribution in [2.75, 3.05) is 0 Å². The Kier molecular flexibility index (Phi) is 4.49. The van der Waals surface area contributed by atoms with Gasteiger partial charge in [0.25, 0.3) is 0 Å². The molecule has 154 valence electrons. The fourth-order valence-electron chi connectivity index (χ4n) is 4.71. The van der Waals surface area contributed by atoms with E-state index in [9.17, 15) is 5.26 Å². The zero-order chi connectivity index (χ0) is 22.2. The van der Waals surface area contributed by atoms with Crippen molar-refractivity contribution >= 4 is 21.8 Å². The first-order valence-electron chi connectivity index (χ1n) is 10.9. The molecule has 0 fully saturated rings. The molecule has 0 amide bonds. The van der Waals surface area contributed by atoms with E-state index in [0.29, 0.717) is 5.69 Å². The summed E-state index contributed by atoms with van der Waals surface area (Å²) in [4.78, 5) is 4.15. The molecule has 33 heavy (non-hydrogen) atoms. The molecule has 3 heteroatoms. The molecule has 0 aliphatic heterocycles. The van der Waals surface area contributed by atoms with Crippen LogP contribution in [0.1, 0.15) is 5.69 Å². The molecule has 0 saturated heterocycles. The normalized spacial score (nSPS) is 11.0. The van der Waals surface area contributed by atoms with Crippen LogP contribution in [0.15, 0.2) is 115 Å².